The molecule has 2 aromatic heterocycles. The fourth-order valence-corrected chi connectivity index (χ4v) is 6.28. The van der Waals surface area contributed by atoms with Crippen molar-refractivity contribution >= 4 is 17.1 Å². The molecule has 0 saturated heterocycles. The lowest BCUT2D eigenvalue weighted by Crippen LogP contribution is -2.60. The van der Waals surface area contributed by atoms with Crippen LogP contribution < -0.4 is 16.6 Å². The van der Waals surface area contributed by atoms with Crippen molar-refractivity contribution in [3.63, 3.8) is 0 Å². The number of nitrogens with one attached hydrogen (secondary N) is 1. The van der Waals surface area contributed by atoms with Crippen LogP contribution in [0.2, 0.25) is 0 Å². The smallest absolute Gasteiger partial charge is 0.332 e. The van der Waals surface area contributed by atoms with Crippen LogP contribution in [0.25, 0.3) is 11.2 Å². The quantitative estimate of drug-likeness (QED) is 0.852. The lowest BCUT2D eigenvalue weighted by atomic mass is 9.53. The number of imidazole rings is 1. The van der Waals surface area contributed by atoms with Crippen LogP contribution in [-0.2, 0) is 25.4 Å². The van der Waals surface area contributed by atoms with Crippen LogP contribution in [0, 0.1) is 17.8 Å². The zero-order valence-electron chi connectivity index (χ0n) is 15.8. The summed E-state index contributed by atoms with van der Waals surface area (Å²) in [7, 11) is 3.28. The van der Waals surface area contributed by atoms with Gasteiger partial charge in [-0.3, -0.25) is 14.2 Å². The monoisotopic (exact) mass is 371 g/mol. The summed E-state index contributed by atoms with van der Waals surface area (Å²) in [6.07, 6.45) is 8.52. The molecule has 4 bridgehead atoms. The Labute approximate surface area is 156 Å². The highest BCUT2D eigenvalue weighted by Crippen LogP contribution is 2.55. The predicted molar refractivity (Wildman–Crippen MR) is 99.3 cm³/mol. The molecular weight excluding hydrogens is 346 g/mol. The number of hydrogen-bond acceptors (Lipinski definition) is 4. The number of nitrogens with zero attached hydrogens (tertiary/aromatic N) is 4. The maximum absolute atomic E-state index is 12.8. The zero-order valence-corrected chi connectivity index (χ0v) is 15.8. The van der Waals surface area contributed by atoms with Gasteiger partial charge in [0.2, 0.25) is 5.91 Å². The van der Waals surface area contributed by atoms with Crippen LogP contribution in [-0.4, -0.2) is 30.1 Å². The van der Waals surface area contributed by atoms with Gasteiger partial charge in [-0.2, -0.15) is 0 Å². The maximum atomic E-state index is 12.8. The van der Waals surface area contributed by atoms with E-state index in [0.29, 0.717) is 11.2 Å². The third kappa shape index (κ3) is 2.49. The van der Waals surface area contributed by atoms with Crippen molar-refractivity contribution in [2.24, 2.45) is 31.8 Å². The Kier molecular flexibility index (Phi) is 3.45. The summed E-state index contributed by atoms with van der Waals surface area (Å²) in [4.78, 5) is 42.3. The standard InChI is InChI=1S/C19H25N5O3/c1-22-10-20-16-15(22)17(26)24(18(27)23(16)2)9-14(25)21-19-6-11-3-12(7-19)5-13(4-11)8-19/h10-13H,3-9H2,1-2H3,(H,21,25). The Morgan fingerprint density at radius 3 is 2.33 bits per heavy atom. The van der Waals surface area contributed by atoms with E-state index in [1.807, 2.05) is 0 Å². The fourth-order valence-electron chi connectivity index (χ4n) is 6.28. The number of fused-ring (bicyclic) bond motifs is 1. The molecule has 2 aromatic rings. The molecule has 2 heterocycles. The SMILES string of the molecule is Cn1cnc2c1c(=O)n(CC(=O)NC13CC4CC(CC(C4)C1)C3)c(=O)n2C. The van der Waals surface area contributed by atoms with Gasteiger partial charge in [-0.05, 0) is 56.3 Å². The molecule has 8 heteroatoms. The first-order chi connectivity index (χ1) is 12.8. The number of aryl methyl sites for hydroxylation is 2. The molecule has 0 radical (unpaired) electrons. The van der Waals surface area contributed by atoms with Crippen molar-refractivity contribution in [1.82, 2.24) is 24.0 Å². The van der Waals surface area contributed by atoms with E-state index >= 15 is 0 Å². The van der Waals surface area contributed by atoms with Gasteiger partial charge in [0.15, 0.2) is 11.2 Å². The van der Waals surface area contributed by atoms with Crippen LogP contribution in [0.1, 0.15) is 38.5 Å². The first-order valence-electron chi connectivity index (χ1n) is 9.77. The van der Waals surface area contributed by atoms with Crippen LogP contribution in [0.4, 0.5) is 0 Å². The van der Waals surface area contributed by atoms with Crippen LogP contribution in [0.15, 0.2) is 15.9 Å². The van der Waals surface area contributed by atoms with Gasteiger partial charge in [0.25, 0.3) is 5.56 Å². The van der Waals surface area contributed by atoms with E-state index in [0.717, 1.165) is 41.6 Å². The second-order valence-electron chi connectivity index (χ2n) is 9.01. The minimum Gasteiger partial charge on any atom is -0.349 e. The highest BCUT2D eigenvalue weighted by Gasteiger charge is 2.51. The van der Waals surface area contributed by atoms with Gasteiger partial charge >= 0.3 is 5.69 Å². The van der Waals surface area contributed by atoms with Gasteiger partial charge in [0.05, 0.1) is 6.33 Å². The molecule has 1 N–H and O–H groups in total. The van der Waals surface area contributed by atoms with E-state index in [-0.39, 0.29) is 18.0 Å². The molecule has 0 atom stereocenters. The summed E-state index contributed by atoms with van der Waals surface area (Å²) in [6, 6.07) is 0. The highest BCUT2D eigenvalue weighted by atomic mass is 16.2. The molecule has 8 nitrogen and oxygen atoms in total. The van der Waals surface area contributed by atoms with Gasteiger partial charge < -0.3 is 9.88 Å². The maximum Gasteiger partial charge on any atom is 0.332 e. The Morgan fingerprint density at radius 2 is 1.74 bits per heavy atom. The average Bonchev–Trinajstić information content (AvgIpc) is 2.97. The van der Waals surface area contributed by atoms with Crippen molar-refractivity contribution in [1.29, 1.82) is 0 Å². The first-order valence-corrected chi connectivity index (χ1v) is 9.77. The topological polar surface area (TPSA) is 90.9 Å². The fraction of sp³-hybridized carbons (Fsp3) is 0.684. The van der Waals surface area contributed by atoms with Crippen molar-refractivity contribution in [2.75, 3.05) is 0 Å². The molecule has 1 amide bonds. The molecular formula is C19H25N5O3. The molecule has 27 heavy (non-hydrogen) atoms. The number of carbonyl (C=O) groups excluding carboxylic acids is 1. The van der Waals surface area contributed by atoms with E-state index in [1.165, 1.54) is 30.2 Å². The predicted octanol–water partition coefficient (Wildman–Crippen LogP) is 0.519. The Hall–Kier alpha value is -2.38. The summed E-state index contributed by atoms with van der Waals surface area (Å²) < 4.78 is 3.94. The van der Waals surface area contributed by atoms with E-state index in [4.69, 9.17) is 0 Å². The van der Waals surface area contributed by atoms with Crippen LogP contribution >= 0.6 is 0 Å². The summed E-state index contributed by atoms with van der Waals surface area (Å²) in [5.41, 5.74) is -0.428. The van der Waals surface area contributed by atoms with Crippen molar-refractivity contribution in [3.8, 4) is 0 Å². The van der Waals surface area contributed by atoms with Gasteiger partial charge in [-0.15, -0.1) is 0 Å². The molecule has 4 aliphatic carbocycles. The third-order valence-electron chi connectivity index (χ3n) is 6.95. The average molecular weight is 371 g/mol. The number of hydrogen-bond donors (Lipinski definition) is 1. The lowest BCUT2D eigenvalue weighted by molar-refractivity contribution is -0.127. The number of amides is 1. The normalized spacial score (nSPS) is 31.6. The van der Waals surface area contributed by atoms with Gasteiger partial charge in [-0.25, -0.2) is 14.3 Å². The van der Waals surface area contributed by atoms with E-state index in [9.17, 15) is 14.4 Å². The molecule has 0 spiro atoms. The van der Waals surface area contributed by atoms with Crippen molar-refractivity contribution in [3.05, 3.63) is 27.2 Å². The molecule has 144 valence electrons. The Balaban J connectivity index is 1.44. The summed E-state index contributed by atoms with van der Waals surface area (Å²) in [5, 5.41) is 3.23. The summed E-state index contributed by atoms with van der Waals surface area (Å²) >= 11 is 0. The largest absolute Gasteiger partial charge is 0.349 e. The number of rotatable bonds is 3. The molecule has 6 rings (SSSR count). The minimum atomic E-state index is -0.508. The van der Waals surface area contributed by atoms with Crippen LogP contribution in [0.3, 0.4) is 0 Å². The third-order valence-corrected chi connectivity index (χ3v) is 6.95. The minimum absolute atomic E-state index is 0.128. The van der Waals surface area contributed by atoms with E-state index in [2.05, 4.69) is 10.3 Å². The highest BCUT2D eigenvalue weighted by molar-refractivity contribution is 5.77. The molecule has 0 aromatic carbocycles. The Morgan fingerprint density at radius 1 is 1.15 bits per heavy atom. The summed E-state index contributed by atoms with van der Waals surface area (Å²) in [5.74, 6) is 1.92. The molecule has 4 aliphatic rings. The van der Waals surface area contributed by atoms with Crippen LogP contribution in [0.5, 0.6) is 0 Å². The lowest BCUT2D eigenvalue weighted by Gasteiger charge is -2.56. The molecule has 0 unspecified atom stereocenters. The second-order valence-corrected chi connectivity index (χ2v) is 9.01. The second kappa shape index (κ2) is 5.56. The summed E-state index contributed by atoms with van der Waals surface area (Å²) in [6.45, 7) is -0.242. The molecule has 0 aliphatic heterocycles. The molecule has 4 fully saturated rings. The number of aromatic nitrogens is 4. The zero-order chi connectivity index (χ0) is 18.9. The van der Waals surface area contributed by atoms with Crippen molar-refractivity contribution in [2.45, 2.75) is 50.6 Å². The van der Waals surface area contributed by atoms with Gasteiger partial charge in [-0.1, -0.05) is 0 Å². The molecule has 4 saturated carbocycles. The van der Waals surface area contributed by atoms with E-state index < -0.39 is 11.2 Å². The van der Waals surface area contributed by atoms with Gasteiger partial charge in [0, 0.05) is 19.6 Å². The number of carbonyl (C=O) groups is 1. The van der Waals surface area contributed by atoms with Gasteiger partial charge in [0.1, 0.15) is 6.54 Å². The van der Waals surface area contributed by atoms with Crippen molar-refractivity contribution < 1.29 is 4.79 Å². The Bertz CT molecular complexity index is 1020. The van der Waals surface area contributed by atoms with E-state index in [1.54, 1.807) is 18.7 Å². The first kappa shape index (κ1) is 16.8.